The Hall–Kier alpha value is -0.610. The van der Waals surface area contributed by atoms with Crippen LogP contribution < -0.4 is 0 Å². The van der Waals surface area contributed by atoms with E-state index in [2.05, 4.69) is 26.0 Å². The maximum atomic E-state index is 6.10. The molecule has 0 saturated heterocycles. The number of aryl methyl sites for hydroxylation is 2. The van der Waals surface area contributed by atoms with Crippen molar-refractivity contribution in [3.63, 3.8) is 0 Å². The monoisotopic (exact) mass is 259 g/mol. The van der Waals surface area contributed by atoms with E-state index in [1.54, 1.807) is 10.9 Å². The van der Waals surface area contributed by atoms with Crippen molar-refractivity contribution in [2.75, 3.05) is 0 Å². The Morgan fingerprint density at radius 2 is 2.23 bits per heavy atom. The molecule has 5 heteroatoms. The van der Waals surface area contributed by atoms with Gasteiger partial charge in [-0.15, -0.1) is 0 Å². The van der Waals surface area contributed by atoms with Crippen LogP contribution >= 0.6 is 27.5 Å². The molecule has 0 bridgehead atoms. The Bertz CT molecular complexity index is 478. The summed E-state index contributed by atoms with van der Waals surface area (Å²) in [6, 6.07) is 0. The first-order valence-corrected chi connectivity index (χ1v) is 4.91. The molecule has 0 amide bonds. The quantitative estimate of drug-likeness (QED) is 0.729. The maximum absolute atomic E-state index is 6.10. The van der Waals surface area contributed by atoms with Crippen LogP contribution in [0.25, 0.3) is 11.0 Å². The van der Waals surface area contributed by atoms with Crippen LogP contribution in [0.5, 0.6) is 0 Å². The first-order chi connectivity index (χ1) is 6.11. The molecule has 2 heterocycles. The fraction of sp³-hybridized carbons (Fsp3) is 0.250. The van der Waals surface area contributed by atoms with E-state index in [-0.39, 0.29) is 0 Å². The van der Waals surface area contributed by atoms with Gasteiger partial charge in [0, 0.05) is 7.05 Å². The number of hydrogen-bond donors (Lipinski definition) is 0. The van der Waals surface area contributed by atoms with E-state index < -0.39 is 0 Å². The lowest BCUT2D eigenvalue weighted by Gasteiger charge is -2.01. The topological polar surface area (TPSA) is 30.7 Å². The lowest BCUT2D eigenvalue weighted by Crippen LogP contribution is -1.94. The van der Waals surface area contributed by atoms with E-state index in [1.807, 2.05) is 14.0 Å². The molecule has 0 aliphatic rings. The van der Waals surface area contributed by atoms with Crippen molar-refractivity contribution >= 4 is 38.6 Å². The molecule has 0 spiro atoms. The van der Waals surface area contributed by atoms with Crippen LogP contribution in [0.2, 0.25) is 5.02 Å². The van der Waals surface area contributed by atoms with Gasteiger partial charge in [-0.25, -0.2) is 4.98 Å². The Labute approximate surface area is 88.8 Å². The first kappa shape index (κ1) is 8.97. The predicted octanol–water partition coefficient (Wildman–Crippen LogP) is 2.69. The summed E-state index contributed by atoms with van der Waals surface area (Å²) in [5.74, 6) is 0. The van der Waals surface area contributed by atoms with Crippen molar-refractivity contribution in [2.45, 2.75) is 6.92 Å². The Morgan fingerprint density at radius 3 is 2.92 bits per heavy atom. The molecule has 2 aromatic heterocycles. The molecule has 2 aromatic rings. The largest absolute Gasteiger partial charge is 0.250 e. The Kier molecular flexibility index (Phi) is 2.04. The molecular formula is C8H7BrClN3. The maximum Gasteiger partial charge on any atom is 0.159 e. The minimum absolute atomic E-state index is 0.676. The lowest BCUT2D eigenvalue weighted by atomic mass is 10.3. The number of hydrogen-bond acceptors (Lipinski definition) is 2. The van der Waals surface area contributed by atoms with Gasteiger partial charge < -0.3 is 0 Å². The molecule has 0 aromatic carbocycles. The molecule has 0 aliphatic carbocycles. The molecule has 0 aliphatic heterocycles. The smallest absolute Gasteiger partial charge is 0.159 e. The van der Waals surface area contributed by atoms with Gasteiger partial charge >= 0.3 is 0 Å². The summed E-state index contributed by atoms with van der Waals surface area (Å²) in [5, 5.41) is 5.64. The average molecular weight is 261 g/mol. The van der Waals surface area contributed by atoms with Gasteiger partial charge in [0.25, 0.3) is 0 Å². The van der Waals surface area contributed by atoms with Gasteiger partial charge in [-0.05, 0) is 22.9 Å². The molecular weight excluding hydrogens is 253 g/mol. The minimum Gasteiger partial charge on any atom is -0.250 e. The molecule has 3 nitrogen and oxygen atoms in total. The molecule has 0 fully saturated rings. The molecule has 13 heavy (non-hydrogen) atoms. The number of aromatic nitrogens is 3. The van der Waals surface area contributed by atoms with Crippen molar-refractivity contribution in [1.82, 2.24) is 14.8 Å². The van der Waals surface area contributed by atoms with Crippen molar-refractivity contribution in [3.05, 3.63) is 21.4 Å². The second kappa shape index (κ2) is 2.96. The molecule has 0 N–H and O–H groups in total. The molecule has 0 atom stereocenters. The molecule has 2 rings (SSSR count). The summed E-state index contributed by atoms with van der Waals surface area (Å²) in [6.45, 7) is 1.91. The van der Waals surface area contributed by atoms with Crippen molar-refractivity contribution in [2.24, 2.45) is 7.05 Å². The zero-order valence-corrected chi connectivity index (χ0v) is 9.52. The third-order valence-electron chi connectivity index (χ3n) is 1.93. The molecule has 68 valence electrons. The van der Waals surface area contributed by atoms with Crippen LogP contribution in [0.15, 0.2) is 10.7 Å². The minimum atomic E-state index is 0.676. The summed E-state index contributed by atoms with van der Waals surface area (Å²) in [4.78, 5) is 4.36. The fourth-order valence-corrected chi connectivity index (χ4v) is 1.78. The van der Waals surface area contributed by atoms with Crippen molar-refractivity contribution in [3.8, 4) is 0 Å². The second-order valence-electron chi connectivity index (χ2n) is 2.83. The second-order valence-corrected chi connectivity index (χ2v) is 4.00. The van der Waals surface area contributed by atoms with Gasteiger partial charge in [0.15, 0.2) is 5.65 Å². The van der Waals surface area contributed by atoms with Crippen LogP contribution in [0.4, 0.5) is 0 Å². The van der Waals surface area contributed by atoms with Crippen LogP contribution in [0, 0.1) is 6.92 Å². The fourth-order valence-electron chi connectivity index (χ4n) is 1.20. The van der Waals surface area contributed by atoms with Crippen LogP contribution in [-0.2, 0) is 7.05 Å². The zero-order chi connectivity index (χ0) is 9.59. The van der Waals surface area contributed by atoms with Gasteiger partial charge in [0.1, 0.15) is 0 Å². The summed E-state index contributed by atoms with van der Waals surface area (Å²) in [6.07, 6.45) is 1.72. The van der Waals surface area contributed by atoms with E-state index in [0.29, 0.717) is 5.02 Å². The third kappa shape index (κ3) is 1.25. The first-order valence-electron chi connectivity index (χ1n) is 3.74. The van der Waals surface area contributed by atoms with Crippen LogP contribution in [0.3, 0.4) is 0 Å². The molecule has 0 unspecified atom stereocenters. The zero-order valence-electron chi connectivity index (χ0n) is 7.17. The lowest BCUT2D eigenvalue weighted by molar-refractivity contribution is 0.784. The van der Waals surface area contributed by atoms with Gasteiger partial charge in [0.2, 0.25) is 0 Å². The normalized spacial score (nSPS) is 11.1. The van der Waals surface area contributed by atoms with E-state index >= 15 is 0 Å². The van der Waals surface area contributed by atoms with E-state index in [4.69, 9.17) is 11.6 Å². The highest BCUT2D eigenvalue weighted by atomic mass is 79.9. The molecule has 0 saturated carbocycles. The summed E-state index contributed by atoms with van der Waals surface area (Å²) in [5.41, 5.74) is 1.69. The highest BCUT2D eigenvalue weighted by molar-refractivity contribution is 9.10. The number of pyridine rings is 1. The number of fused-ring (bicyclic) bond motifs is 1. The van der Waals surface area contributed by atoms with Crippen LogP contribution in [-0.4, -0.2) is 14.8 Å². The van der Waals surface area contributed by atoms with Gasteiger partial charge in [-0.3, -0.25) is 4.68 Å². The van der Waals surface area contributed by atoms with E-state index in [9.17, 15) is 0 Å². The van der Waals surface area contributed by atoms with E-state index in [1.165, 1.54) is 0 Å². The summed E-state index contributed by atoms with van der Waals surface area (Å²) >= 11 is 9.48. The van der Waals surface area contributed by atoms with Gasteiger partial charge in [-0.1, -0.05) is 11.6 Å². The highest BCUT2D eigenvalue weighted by Crippen LogP contribution is 2.31. The number of rotatable bonds is 0. The van der Waals surface area contributed by atoms with Crippen LogP contribution in [0.1, 0.15) is 5.69 Å². The van der Waals surface area contributed by atoms with Crippen molar-refractivity contribution in [1.29, 1.82) is 0 Å². The Morgan fingerprint density at radius 1 is 1.54 bits per heavy atom. The number of halogens is 2. The summed E-state index contributed by atoms with van der Waals surface area (Å²) in [7, 11) is 1.85. The van der Waals surface area contributed by atoms with Gasteiger partial charge in [-0.2, -0.15) is 5.10 Å². The van der Waals surface area contributed by atoms with E-state index in [0.717, 1.165) is 21.2 Å². The van der Waals surface area contributed by atoms with Crippen molar-refractivity contribution < 1.29 is 0 Å². The van der Waals surface area contributed by atoms with Gasteiger partial charge in [0.05, 0.1) is 26.8 Å². The Balaban J connectivity index is 2.96. The predicted molar refractivity (Wildman–Crippen MR) is 56.0 cm³/mol. The molecule has 0 radical (unpaired) electrons. The average Bonchev–Trinajstić information content (AvgIpc) is 2.45. The number of nitrogens with zero attached hydrogens (tertiary/aromatic N) is 3. The summed E-state index contributed by atoms with van der Waals surface area (Å²) < 4.78 is 2.55. The highest BCUT2D eigenvalue weighted by Gasteiger charge is 2.11. The third-order valence-corrected chi connectivity index (χ3v) is 3.52. The standard InChI is InChI=1S/C8H7BrClN3/c1-4-6(9)7(10)5-3-11-13(2)8(5)12-4/h3H,1-2H3. The SMILES string of the molecule is Cc1nc2c(cnn2C)c(Cl)c1Br.